The molecule has 0 spiro atoms. The largest absolute Gasteiger partial charge is 0.496 e. The summed E-state index contributed by atoms with van der Waals surface area (Å²) in [6.45, 7) is 0. The molecule has 22 heavy (non-hydrogen) atoms. The van der Waals surface area contributed by atoms with Gasteiger partial charge in [0.2, 0.25) is 5.78 Å². The molecule has 114 valence electrons. The summed E-state index contributed by atoms with van der Waals surface area (Å²) in [7, 11) is 2.98. The average molecular weight is 300 g/mol. The number of carbonyl (C=O) groups is 1. The Kier molecular flexibility index (Phi) is 3.73. The number of rotatable bonds is 3. The van der Waals surface area contributed by atoms with E-state index in [0.717, 1.165) is 5.56 Å². The average Bonchev–Trinajstić information content (AvgIpc) is 2.57. The van der Waals surface area contributed by atoms with Crippen molar-refractivity contribution in [1.29, 1.82) is 0 Å². The molecule has 0 saturated carbocycles. The van der Waals surface area contributed by atoms with Crippen LogP contribution in [0.3, 0.4) is 0 Å². The Morgan fingerprint density at radius 2 is 1.82 bits per heavy atom. The predicted molar refractivity (Wildman–Crippen MR) is 79.7 cm³/mol. The molecule has 2 aromatic rings. The van der Waals surface area contributed by atoms with Crippen LogP contribution in [-0.2, 0) is 0 Å². The van der Waals surface area contributed by atoms with Gasteiger partial charge in [0.15, 0.2) is 12.2 Å². The van der Waals surface area contributed by atoms with E-state index in [-0.39, 0.29) is 5.56 Å². The molecular weight excluding hydrogens is 284 g/mol. The van der Waals surface area contributed by atoms with E-state index in [4.69, 9.17) is 14.2 Å². The van der Waals surface area contributed by atoms with E-state index >= 15 is 0 Å². The van der Waals surface area contributed by atoms with Gasteiger partial charge in [0.05, 0.1) is 14.2 Å². The van der Waals surface area contributed by atoms with Gasteiger partial charge < -0.3 is 19.3 Å². The fourth-order valence-corrected chi connectivity index (χ4v) is 2.56. The molecule has 5 heteroatoms. The maximum absolute atomic E-state index is 12.5. The van der Waals surface area contributed by atoms with Crippen LogP contribution in [-0.4, -0.2) is 31.2 Å². The second-order valence-electron chi connectivity index (χ2n) is 4.96. The van der Waals surface area contributed by atoms with Crippen molar-refractivity contribution in [2.45, 2.75) is 12.2 Å². The Morgan fingerprint density at radius 3 is 2.45 bits per heavy atom. The first-order chi connectivity index (χ1) is 10.7. The Hall–Kier alpha value is -2.53. The topological polar surface area (TPSA) is 65.0 Å². The first-order valence-corrected chi connectivity index (χ1v) is 6.85. The van der Waals surface area contributed by atoms with Crippen LogP contribution in [0.25, 0.3) is 0 Å². The molecule has 0 radical (unpaired) electrons. The van der Waals surface area contributed by atoms with Crippen LogP contribution in [0, 0.1) is 0 Å². The fourth-order valence-electron chi connectivity index (χ4n) is 2.56. The van der Waals surface area contributed by atoms with Crippen molar-refractivity contribution in [3.05, 3.63) is 53.6 Å². The molecule has 0 saturated heterocycles. The minimum absolute atomic E-state index is 0.239. The van der Waals surface area contributed by atoms with Gasteiger partial charge in [-0.25, -0.2) is 0 Å². The van der Waals surface area contributed by atoms with Gasteiger partial charge in [-0.1, -0.05) is 30.3 Å². The molecule has 0 aliphatic carbocycles. The van der Waals surface area contributed by atoms with Crippen molar-refractivity contribution in [3.63, 3.8) is 0 Å². The first-order valence-electron chi connectivity index (χ1n) is 6.85. The fraction of sp³-hybridized carbons (Fsp3) is 0.235. The van der Waals surface area contributed by atoms with Gasteiger partial charge in [-0.15, -0.1) is 0 Å². The summed E-state index contributed by atoms with van der Waals surface area (Å²) in [5.41, 5.74) is 0.971. The molecule has 5 nitrogen and oxygen atoms in total. The van der Waals surface area contributed by atoms with Crippen molar-refractivity contribution in [2.75, 3.05) is 14.2 Å². The maximum atomic E-state index is 12.5. The number of hydrogen-bond acceptors (Lipinski definition) is 5. The third kappa shape index (κ3) is 2.29. The second kappa shape index (κ2) is 5.69. The minimum Gasteiger partial charge on any atom is -0.496 e. The maximum Gasteiger partial charge on any atom is 0.202 e. The molecule has 2 aromatic carbocycles. The van der Waals surface area contributed by atoms with E-state index in [2.05, 4.69) is 0 Å². The third-order valence-electron chi connectivity index (χ3n) is 3.68. The standard InChI is InChI=1S/C17H16O5/c1-20-11-8-12(21-2)14-13(9-11)22-17(16(19)15(14)18)10-6-4-3-5-7-10/h3-9,16-17,19H,1-2H3/t16-,17+/m0/s1. The van der Waals surface area contributed by atoms with Gasteiger partial charge in [-0.3, -0.25) is 4.79 Å². The van der Waals surface area contributed by atoms with Crippen LogP contribution >= 0.6 is 0 Å². The Bertz CT molecular complexity index is 696. The highest BCUT2D eigenvalue weighted by Crippen LogP contribution is 2.42. The number of methoxy groups -OCH3 is 2. The summed E-state index contributed by atoms with van der Waals surface area (Å²) in [5, 5.41) is 10.3. The van der Waals surface area contributed by atoms with Crippen molar-refractivity contribution in [2.24, 2.45) is 0 Å². The lowest BCUT2D eigenvalue weighted by molar-refractivity contribution is 0.0210. The van der Waals surface area contributed by atoms with E-state index in [1.165, 1.54) is 14.2 Å². The SMILES string of the molecule is COc1cc(OC)c2c(c1)O[C@H](c1ccccc1)[C@@H](O)C2=O. The predicted octanol–water partition coefficient (Wildman–Crippen LogP) is 2.38. The molecular formula is C17H16O5. The normalized spacial score (nSPS) is 20.0. The van der Waals surface area contributed by atoms with Gasteiger partial charge >= 0.3 is 0 Å². The number of ketones is 1. The van der Waals surface area contributed by atoms with E-state index < -0.39 is 18.0 Å². The molecule has 1 heterocycles. The van der Waals surface area contributed by atoms with Gasteiger partial charge in [-0.05, 0) is 5.56 Å². The molecule has 0 aromatic heterocycles. The number of ether oxygens (including phenoxy) is 3. The van der Waals surface area contributed by atoms with Gasteiger partial charge in [0.1, 0.15) is 22.8 Å². The zero-order chi connectivity index (χ0) is 15.7. The number of fused-ring (bicyclic) bond motifs is 1. The zero-order valence-corrected chi connectivity index (χ0v) is 12.3. The summed E-state index contributed by atoms with van der Waals surface area (Å²) in [4.78, 5) is 12.5. The molecule has 1 N–H and O–H groups in total. The molecule has 0 fully saturated rings. The lowest BCUT2D eigenvalue weighted by atomic mass is 9.93. The number of aliphatic hydroxyl groups excluding tert-OH is 1. The van der Waals surface area contributed by atoms with E-state index in [1.54, 1.807) is 12.1 Å². The molecule has 0 amide bonds. The molecule has 1 aliphatic rings. The smallest absolute Gasteiger partial charge is 0.202 e. The Balaban J connectivity index is 2.10. The van der Waals surface area contributed by atoms with Crippen LogP contribution in [0.5, 0.6) is 17.2 Å². The second-order valence-corrected chi connectivity index (χ2v) is 4.96. The number of Topliss-reactive ketones (excluding diaryl/α,β-unsaturated/α-hetero) is 1. The van der Waals surface area contributed by atoms with E-state index in [1.807, 2.05) is 30.3 Å². The Morgan fingerprint density at radius 1 is 1.09 bits per heavy atom. The van der Waals surface area contributed by atoms with Gasteiger partial charge in [-0.2, -0.15) is 0 Å². The molecule has 1 aliphatic heterocycles. The molecule has 3 rings (SSSR count). The summed E-state index contributed by atoms with van der Waals surface area (Å²) >= 11 is 0. The lowest BCUT2D eigenvalue weighted by Crippen LogP contribution is -2.36. The van der Waals surface area contributed by atoms with Crippen LogP contribution < -0.4 is 14.2 Å². The Labute approximate surface area is 128 Å². The molecule has 0 unspecified atom stereocenters. The zero-order valence-electron chi connectivity index (χ0n) is 12.3. The summed E-state index contributed by atoms with van der Waals surface area (Å²) in [6.07, 6.45) is -2.03. The highest BCUT2D eigenvalue weighted by atomic mass is 16.5. The van der Waals surface area contributed by atoms with Crippen molar-refractivity contribution in [1.82, 2.24) is 0 Å². The van der Waals surface area contributed by atoms with Crippen molar-refractivity contribution >= 4 is 5.78 Å². The number of carbonyl (C=O) groups excluding carboxylic acids is 1. The number of hydrogen-bond donors (Lipinski definition) is 1. The lowest BCUT2D eigenvalue weighted by Gasteiger charge is -2.30. The van der Waals surface area contributed by atoms with Crippen LogP contribution in [0.1, 0.15) is 22.0 Å². The van der Waals surface area contributed by atoms with Crippen molar-refractivity contribution in [3.8, 4) is 17.2 Å². The van der Waals surface area contributed by atoms with Gasteiger partial charge in [0, 0.05) is 12.1 Å². The van der Waals surface area contributed by atoms with Crippen molar-refractivity contribution < 1.29 is 24.1 Å². The monoisotopic (exact) mass is 300 g/mol. The third-order valence-corrected chi connectivity index (χ3v) is 3.68. The summed E-state index contributed by atoms with van der Waals surface area (Å²) < 4.78 is 16.3. The molecule has 0 bridgehead atoms. The summed E-state index contributed by atoms with van der Waals surface area (Å²) in [6, 6.07) is 12.4. The van der Waals surface area contributed by atoms with Crippen LogP contribution in [0.4, 0.5) is 0 Å². The summed E-state index contributed by atoms with van der Waals surface area (Å²) in [5.74, 6) is 0.770. The van der Waals surface area contributed by atoms with E-state index in [0.29, 0.717) is 17.2 Å². The van der Waals surface area contributed by atoms with Crippen LogP contribution in [0.2, 0.25) is 0 Å². The van der Waals surface area contributed by atoms with Crippen LogP contribution in [0.15, 0.2) is 42.5 Å². The minimum atomic E-state index is -1.28. The first kappa shape index (κ1) is 14.4. The highest BCUT2D eigenvalue weighted by Gasteiger charge is 2.39. The number of aliphatic hydroxyl groups is 1. The highest BCUT2D eigenvalue weighted by molar-refractivity contribution is 6.05. The molecule has 2 atom stereocenters. The quantitative estimate of drug-likeness (QED) is 0.943. The number of benzene rings is 2. The van der Waals surface area contributed by atoms with E-state index in [9.17, 15) is 9.90 Å². The van der Waals surface area contributed by atoms with Gasteiger partial charge in [0.25, 0.3) is 0 Å².